The van der Waals surface area contributed by atoms with Gasteiger partial charge in [0, 0.05) is 6.07 Å². The lowest BCUT2D eigenvalue weighted by Gasteiger charge is -2.05. The number of hydrogen-bond donors (Lipinski definition) is 3. The topological polar surface area (TPSA) is 66.5 Å². The summed E-state index contributed by atoms with van der Waals surface area (Å²) in [6.07, 6.45) is 2.22. The molecule has 0 aromatic heterocycles. The Labute approximate surface area is 70.4 Å². The summed E-state index contributed by atoms with van der Waals surface area (Å²) in [6, 6.07) is 2.96. The average Bonchev–Trinajstić information content (AvgIpc) is 2.79. The molecule has 0 saturated heterocycles. The molecule has 1 aliphatic rings. The van der Waals surface area contributed by atoms with Crippen molar-refractivity contribution in [1.29, 1.82) is 0 Å². The minimum atomic E-state index is -0.0445. The fraction of sp³-hybridized carbons (Fsp3) is 0.333. The Morgan fingerprint density at radius 2 is 1.83 bits per heavy atom. The molecule has 3 nitrogen and oxygen atoms in total. The van der Waals surface area contributed by atoms with Gasteiger partial charge in [0.2, 0.25) is 0 Å². The van der Waals surface area contributed by atoms with Crippen LogP contribution in [0.5, 0.6) is 11.5 Å². The van der Waals surface area contributed by atoms with E-state index in [1.54, 1.807) is 6.07 Å². The number of anilines is 1. The van der Waals surface area contributed by atoms with E-state index in [-0.39, 0.29) is 11.5 Å². The highest BCUT2D eigenvalue weighted by molar-refractivity contribution is 5.59. The van der Waals surface area contributed by atoms with Gasteiger partial charge in [-0.05, 0) is 30.4 Å². The van der Waals surface area contributed by atoms with E-state index in [2.05, 4.69) is 0 Å². The van der Waals surface area contributed by atoms with E-state index < -0.39 is 0 Å². The molecule has 1 saturated carbocycles. The molecule has 64 valence electrons. The monoisotopic (exact) mass is 165 g/mol. The van der Waals surface area contributed by atoms with Gasteiger partial charge < -0.3 is 15.9 Å². The van der Waals surface area contributed by atoms with Crippen molar-refractivity contribution in [2.75, 3.05) is 5.73 Å². The Balaban J connectivity index is 2.47. The van der Waals surface area contributed by atoms with E-state index in [1.807, 2.05) is 0 Å². The van der Waals surface area contributed by atoms with Crippen molar-refractivity contribution in [3.05, 3.63) is 17.7 Å². The number of rotatable bonds is 1. The van der Waals surface area contributed by atoms with E-state index in [0.29, 0.717) is 11.6 Å². The van der Waals surface area contributed by atoms with Crippen LogP contribution in [0.1, 0.15) is 24.3 Å². The highest BCUT2D eigenvalue weighted by atomic mass is 16.3. The van der Waals surface area contributed by atoms with Crippen LogP contribution in [0.25, 0.3) is 0 Å². The second kappa shape index (κ2) is 2.30. The molecule has 0 heterocycles. The lowest BCUT2D eigenvalue weighted by Crippen LogP contribution is -1.89. The van der Waals surface area contributed by atoms with Crippen LogP contribution in [-0.2, 0) is 0 Å². The van der Waals surface area contributed by atoms with Gasteiger partial charge >= 0.3 is 0 Å². The average molecular weight is 165 g/mol. The highest BCUT2D eigenvalue weighted by Gasteiger charge is 2.26. The minimum Gasteiger partial charge on any atom is -0.508 e. The van der Waals surface area contributed by atoms with Crippen LogP contribution in [-0.4, -0.2) is 10.2 Å². The molecule has 0 amide bonds. The predicted octanol–water partition coefficient (Wildman–Crippen LogP) is 1.56. The summed E-state index contributed by atoms with van der Waals surface area (Å²) < 4.78 is 0. The van der Waals surface area contributed by atoms with Crippen LogP contribution in [0, 0.1) is 0 Å². The van der Waals surface area contributed by atoms with Crippen LogP contribution >= 0.6 is 0 Å². The maximum Gasteiger partial charge on any atom is 0.142 e. The fourth-order valence-electron chi connectivity index (χ4n) is 1.33. The first kappa shape index (κ1) is 7.28. The molecule has 1 aliphatic carbocycles. The summed E-state index contributed by atoms with van der Waals surface area (Å²) in [5.74, 6) is 0.564. The second-order valence-corrected chi connectivity index (χ2v) is 3.24. The van der Waals surface area contributed by atoms with Gasteiger partial charge in [0.15, 0.2) is 0 Å². The molecular formula is C9H11NO2. The van der Waals surface area contributed by atoms with Crippen molar-refractivity contribution in [3.63, 3.8) is 0 Å². The largest absolute Gasteiger partial charge is 0.508 e. The summed E-state index contributed by atoms with van der Waals surface area (Å²) in [5, 5.41) is 18.6. The Hall–Kier alpha value is -1.38. The zero-order chi connectivity index (χ0) is 8.72. The zero-order valence-electron chi connectivity index (χ0n) is 6.62. The van der Waals surface area contributed by atoms with Gasteiger partial charge in [-0.1, -0.05) is 0 Å². The molecule has 3 heteroatoms. The smallest absolute Gasteiger partial charge is 0.142 e. The summed E-state index contributed by atoms with van der Waals surface area (Å²) in [4.78, 5) is 0. The van der Waals surface area contributed by atoms with E-state index in [0.717, 1.165) is 18.4 Å². The van der Waals surface area contributed by atoms with Gasteiger partial charge in [0.05, 0.1) is 5.69 Å². The third kappa shape index (κ3) is 1.07. The van der Waals surface area contributed by atoms with Crippen molar-refractivity contribution in [2.45, 2.75) is 18.8 Å². The van der Waals surface area contributed by atoms with Gasteiger partial charge in [-0.2, -0.15) is 0 Å². The molecule has 2 rings (SSSR count). The number of nitrogens with two attached hydrogens (primary N) is 1. The maximum atomic E-state index is 9.41. The number of phenols is 2. The zero-order valence-corrected chi connectivity index (χ0v) is 6.62. The van der Waals surface area contributed by atoms with E-state index in [9.17, 15) is 5.11 Å². The van der Waals surface area contributed by atoms with Crippen LogP contribution in [0.15, 0.2) is 12.1 Å². The van der Waals surface area contributed by atoms with Crippen LogP contribution in [0.2, 0.25) is 0 Å². The summed E-state index contributed by atoms with van der Waals surface area (Å²) in [6.45, 7) is 0. The Morgan fingerprint density at radius 3 is 2.42 bits per heavy atom. The standard InChI is InChI=1S/C9H11NO2/c10-7-3-6(5-1-2-5)8(11)4-9(7)12/h3-5,11-12H,1-2,10H2. The Bertz CT molecular complexity index is 319. The molecule has 1 aromatic rings. The van der Waals surface area contributed by atoms with Gasteiger partial charge in [0.25, 0.3) is 0 Å². The Morgan fingerprint density at radius 1 is 1.17 bits per heavy atom. The first-order chi connectivity index (χ1) is 5.68. The fourth-order valence-corrected chi connectivity index (χ4v) is 1.33. The summed E-state index contributed by atoms with van der Waals surface area (Å²) >= 11 is 0. The maximum absolute atomic E-state index is 9.41. The van der Waals surface area contributed by atoms with Crippen LogP contribution < -0.4 is 5.73 Å². The van der Waals surface area contributed by atoms with Crippen molar-refractivity contribution in [1.82, 2.24) is 0 Å². The molecule has 0 radical (unpaired) electrons. The number of phenolic OH excluding ortho intramolecular Hbond substituents is 2. The van der Waals surface area contributed by atoms with Crippen LogP contribution in [0.4, 0.5) is 5.69 Å². The second-order valence-electron chi connectivity index (χ2n) is 3.24. The van der Waals surface area contributed by atoms with Gasteiger partial charge in [-0.3, -0.25) is 0 Å². The van der Waals surface area contributed by atoms with E-state index in [1.165, 1.54) is 6.07 Å². The number of nitrogen functional groups attached to an aromatic ring is 1. The third-order valence-corrected chi connectivity index (χ3v) is 2.19. The molecule has 1 aromatic carbocycles. The molecule has 0 bridgehead atoms. The minimum absolute atomic E-state index is 0.0445. The number of hydrogen-bond acceptors (Lipinski definition) is 3. The molecule has 4 N–H and O–H groups in total. The Kier molecular flexibility index (Phi) is 1.40. The van der Waals surface area contributed by atoms with Crippen molar-refractivity contribution >= 4 is 5.69 Å². The van der Waals surface area contributed by atoms with Crippen molar-refractivity contribution in [3.8, 4) is 11.5 Å². The number of benzene rings is 1. The lowest BCUT2D eigenvalue weighted by molar-refractivity contribution is 0.447. The highest BCUT2D eigenvalue weighted by Crippen LogP contribution is 2.46. The quantitative estimate of drug-likeness (QED) is 0.336. The molecule has 0 aliphatic heterocycles. The molecule has 1 fully saturated rings. The normalized spacial score (nSPS) is 16.3. The first-order valence-electron chi connectivity index (χ1n) is 4.00. The third-order valence-electron chi connectivity index (χ3n) is 2.19. The van der Waals surface area contributed by atoms with Crippen molar-refractivity contribution in [2.24, 2.45) is 0 Å². The number of aromatic hydroxyl groups is 2. The molecule has 0 spiro atoms. The van der Waals surface area contributed by atoms with E-state index >= 15 is 0 Å². The van der Waals surface area contributed by atoms with E-state index in [4.69, 9.17) is 10.8 Å². The SMILES string of the molecule is Nc1cc(C2CC2)c(O)cc1O. The molecule has 0 unspecified atom stereocenters. The molecule has 0 atom stereocenters. The van der Waals surface area contributed by atoms with Gasteiger partial charge in [-0.15, -0.1) is 0 Å². The molecular weight excluding hydrogens is 154 g/mol. The van der Waals surface area contributed by atoms with Gasteiger partial charge in [0.1, 0.15) is 11.5 Å². The predicted molar refractivity (Wildman–Crippen MR) is 46.2 cm³/mol. The molecule has 12 heavy (non-hydrogen) atoms. The summed E-state index contributed by atoms with van der Waals surface area (Å²) in [7, 11) is 0. The van der Waals surface area contributed by atoms with Gasteiger partial charge in [-0.25, -0.2) is 0 Å². The lowest BCUT2D eigenvalue weighted by atomic mass is 10.1. The van der Waals surface area contributed by atoms with Crippen molar-refractivity contribution < 1.29 is 10.2 Å². The summed E-state index contributed by atoms with van der Waals surface area (Å²) in [5.41, 5.74) is 6.70. The first-order valence-corrected chi connectivity index (χ1v) is 4.00. The van der Waals surface area contributed by atoms with Crippen LogP contribution in [0.3, 0.4) is 0 Å².